The van der Waals surface area contributed by atoms with Gasteiger partial charge in [0.25, 0.3) is 0 Å². The van der Waals surface area contributed by atoms with Crippen LogP contribution in [0.25, 0.3) is 0 Å². The van der Waals surface area contributed by atoms with E-state index in [2.05, 4.69) is 6.92 Å². The van der Waals surface area contributed by atoms with E-state index in [1.54, 1.807) is 18.7 Å². The van der Waals surface area contributed by atoms with Crippen molar-refractivity contribution in [3.05, 3.63) is 0 Å². The van der Waals surface area contributed by atoms with E-state index in [-0.39, 0.29) is 5.92 Å². The van der Waals surface area contributed by atoms with Crippen molar-refractivity contribution in [1.82, 2.24) is 0 Å². The van der Waals surface area contributed by atoms with Crippen molar-refractivity contribution < 1.29 is 9.90 Å². The summed E-state index contributed by atoms with van der Waals surface area (Å²) in [4.78, 5) is 10.7. The number of thiocarbonyl (C=S) groups is 1. The number of thioether (sulfide) groups is 2. The van der Waals surface area contributed by atoms with E-state index in [0.717, 1.165) is 9.28 Å². The molecule has 1 unspecified atom stereocenters. The van der Waals surface area contributed by atoms with Crippen LogP contribution in [0.3, 0.4) is 0 Å². The lowest BCUT2D eigenvalue weighted by Gasteiger charge is -2.06. The average Bonchev–Trinajstić information content (AvgIpc) is 2.50. The van der Waals surface area contributed by atoms with Crippen LogP contribution < -0.4 is 0 Å². The highest BCUT2D eigenvalue weighted by molar-refractivity contribution is 8.47. The standard InChI is InChI=1S/C17H32O2S3/c1-3-4-5-6-7-8-9-10-11-12-13-21-17(20)22-14-15(2)16(18)19/h15H,3-14H2,1-2H3,(H,18,19). The van der Waals surface area contributed by atoms with Crippen molar-refractivity contribution >= 4 is 45.2 Å². The van der Waals surface area contributed by atoms with Crippen LogP contribution in [-0.2, 0) is 4.79 Å². The van der Waals surface area contributed by atoms with Crippen LogP contribution in [0.5, 0.6) is 0 Å². The Balaban J connectivity index is 3.25. The fourth-order valence-electron chi connectivity index (χ4n) is 2.05. The fourth-order valence-corrected chi connectivity index (χ4v) is 4.34. The van der Waals surface area contributed by atoms with Crippen molar-refractivity contribution in [2.45, 2.75) is 78.1 Å². The molecule has 5 heteroatoms. The third-order valence-corrected chi connectivity index (χ3v) is 6.64. The third kappa shape index (κ3) is 15.2. The number of hydrogen-bond donors (Lipinski definition) is 1. The molecule has 0 rings (SSSR count). The normalized spacial score (nSPS) is 12.3. The van der Waals surface area contributed by atoms with Gasteiger partial charge in [0.15, 0.2) is 0 Å². The Hall–Kier alpha value is 0.260. The van der Waals surface area contributed by atoms with E-state index in [0.29, 0.717) is 5.75 Å². The molecular weight excluding hydrogens is 332 g/mol. The minimum atomic E-state index is -0.741. The topological polar surface area (TPSA) is 37.3 Å². The summed E-state index contributed by atoms with van der Waals surface area (Å²) in [5.74, 6) is 0.596. The molecule has 1 atom stereocenters. The zero-order valence-electron chi connectivity index (χ0n) is 14.1. The van der Waals surface area contributed by atoms with Crippen LogP contribution in [0.4, 0.5) is 0 Å². The molecule has 0 fully saturated rings. The zero-order valence-corrected chi connectivity index (χ0v) is 16.6. The number of unbranched alkanes of at least 4 members (excludes halogenated alkanes) is 9. The molecule has 0 saturated carbocycles. The van der Waals surface area contributed by atoms with Gasteiger partial charge in [0, 0.05) is 5.75 Å². The van der Waals surface area contributed by atoms with Crippen LogP contribution in [0, 0.1) is 5.92 Å². The summed E-state index contributed by atoms with van der Waals surface area (Å²) in [6.07, 6.45) is 13.5. The van der Waals surface area contributed by atoms with E-state index in [1.807, 2.05) is 0 Å². The minimum absolute atomic E-state index is 0.319. The first-order chi connectivity index (χ1) is 10.6. The maximum Gasteiger partial charge on any atom is 0.307 e. The number of rotatable bonds is 14. The quantitative estimate of drug-likeness (QED) is 0.286. The molecule has 0 aliphatic rings. The minimum Gasteiger partial charge on any atom is -0.481 e. The molecule has 130 valence electrons. The second-order valence-corrected chi connectivity index (χ2v) is 9.15. The van der Waals surface area contributed by atoms with Gasteiger partial charge in [-0.3, -0.25) is 4.79 Å². The van der Waals surface area contributed by atoms with Gasteiger partial charge < -0.3 is 5.11 Å². The molecule has 0 amide bonds. The SMILES string of the molecule is CCCCCCCCCCCCSC(=S)SCC(C)C(=O)O. The molecule has 0 radical (unpaired) electrons. The van der Waals surface area contributed by atoms with E-state index in [4.69, 9.17) is 17.3 Å². The van der Waals surface area contributed by atoms with Gasteiger partial charge in [-0.1, -0.05) is 83.9 Å². The average molecular weight is 365 g/mol. The van der Waals surface area contributed by atoms with Gasteiger partial charge in [-0.15, -0.1) is 23.5 Å². The van der Waals surface area contributed by atoms with Gasteiger partial charge in [-0.2, -0.15) is 0 Å². The van der Waals surface area contributed by atoms with E-state index < -0.39 is 5.97 Å². The first-order valence-corrected chi connectivity index (χ1v) is 11.0. The van der Waals surface area contributed by atoms with Crippen molar-refractivity contribution in [2.75, 3.05) is 11.5 Å². The molecule has 1 N–H and O–H groups in total. The van der Waals surface area contributed by atoms with Crippen LogP contribution in [0.15, 0.2) is 0 Å². The summed E-state index contributed by atoms with van der Waals surface area (Å²) < 4.78 is 0.893. The smallest absolute Gasteiger partial charge is 0.307 e. The Labute approximate surface area is 150 Å². The lowest BCUT2D eigenvalue weighted by molar-refractivity contribution is -0.140. The molecule has 0 aliphatic carbocycles. The molecular formula is C17H32O2S3. The van der Waals surface area contributed by atoms with E-state index in [9.17, 15) is 4.79 Å². The lowest BCUT2D eigenvalue weighted by Crippen LogP contribution is -2.12. The summed E-state index contributed by atoms with van der Waals surface area (Å²) >= 11 is 8.48. The molecule has 0 spiro atoms. The largest absolute Gasteiger partial charge is 0.481 e. The second kappa shape index (κ2) is 16.1. The van der Waals surface area contributed by atoms with Gasteiger partial charge >= 0.3 is 5.97 Å². The lowest BCUT2D eigenvalue weighted by atomic mass is 10.1. The van der Waals surface area contributed by atoms with E-state index >= 15 is 0 Å². The highest BCUT2D eigenvalue weighted by Crippen LogP contribution is 2.21. The zero-order chi connectivity index (χ0) is 16.6. The highest BCUT2D eigenvalue weighted by atomic mass is 32.2. The Morgan fingerprint density at radius 3 is 1.95 bits per heavy atom. The number of hydrogen-bond acceptors (Lipinski definition) is 4. The van der Waals surface area contributed by atoms with Gasteiger partial charge in [-0.25, -0.2) is 0 Å². The Bertz CT molecular complexity index is 296. The van der Waals surface area contributed by atoms with Crippen molar-refractivity contribution in [3.8, 4) is 0 Å². The highest BCUT2D eigenvalue weighted by Gasteiger charge is 2.11. The molecule has 0 aliphatic heterocycles. The Morgan fingerprint density at radius 2 is 1.45 bits per heavy atom. The number of carbonyl (C=O) groups is 1. The maximum atomic E-state index is 10.7. The molecule has 0 aromatic carbocycles. The fraction of sp³-hybridized carbons (Fsp3) is 0.882. The molecule has 2 nitrogen and oxygen atoms in total. The van der Waals surface area contributed by atoms with Crippen molar-refractivity contribution in [3.63, 3.8) is 0 Å². The summed E-state index contributed by atoms with van der Waals surface area (Å²) in [6, 6.07) is 0. The molecule has 0 heterocycles. The number of carboxylic acid groups (broad SMARTS) is 1. The predicted octanol–water partition coefficient (Wildman–Crippen LogP) is 6.38. The van der Waals surface area contributed by atoms with Crippen molar-refractivity contribution in [2.24, 2.45) is 5.92 Å². The summed E-state index contributed by atoms with van der Waals surface area (Å²) in [6.45, 7) is 3.99. The Kier molecular flexibility index (Phi) is 16.3. The first kappa shape index (κ1) is 22.3. The summed E-state index contributed by atoms with van der Waals surface area (Å²) in [5.41, 5.74) is 0. The van der Waals surface area contributed by atoms with Crippen LogP contribution in [-0.4, -0.2) is 26.1 Å². The molecule has 0 aromatic rings. The van der Waals surface area contributed by atoms with Crippen LogP contribution in [0.2, 0.25) is 0 Å². The molecule has 0 bridgehead atoms. The van der Waals surface area contributed by atoms with E-state index in [1.165, 1.54) is 76.0 Å². The summed E-state index contributed by atoms with van der Waals surface area (Å²) in [7, 11) is 0. The molecule has 22 heavy (non-hydrogen) atoms. The van der Waals surface area contributed by atoms with Crippen LogP contribution in [0.1, 0.15) is 78.1 Å². The number of aliphatic carboxylic acids is 1. The third-order valence-electron chi connectivity index (χ3n) is 3.59. The van der Waals surface area contributed by atoms with Gasteiger partial charge in [-0.05, 0) is 12.2 Å². The van der Waals surface area contributed by atoms with Gasteiger partial charge in [0.1, 0.15) is 3.53 Å². The maximum absolute atomic E-state index is 10.7. The molecule has 0 saturated heterocycles. The second-order valence-electron chi connectivity index (χ2n) is 5.83. The molecule has 0 aromatic heterocycles. The Morgan fingerprint density at radius 1 is 0.955 bits per heavy atom. The van der Waals surface area contributed by atoms with Gasteiger partial charge in [0.2, 0.25) is 0 Å². The first-order valence-electron chi connectivity index (χ1n) is 8.60. The van der Waals surface area contributed by atoms with Crippen molar-refractivity contribution in [1.29, 1.82) is 0 Å². The summed E-state index contributed by atoms with van der Waals surface area (Å²) in [5, 5.41) is 8.81. The van der Waals surface area contributed by atoms with Gasteiger partial charge in [0.05, 0.1) is 5.92 Å². The predicted molar refractivity (Wildman–Crippen MR) is 106 cm³/mol. The number of carboxylic acids is 1. The monoisotopic (exact) mass is 364 g/mol. The van der Waals surface area contributed by atoms with Crippen LogP contribution >= 0.6 is 35.7 Å².